The van der Waals surface area contributed by atoms with Crippen LogP contribution in [0.1, 0.15) is 22.3 Å². The van der Waals surface area contributed by atoms with Crippen molar-refractivity contribution in [1.29, 1.82) is 0 Å². The highest BCUT2D eigenvalue weighted by atomic mass is 32.3. The molecule has 2 aromatic rings. The zero-order chi connectivity index (χ0) is 19.1. The van der Waals surface area contributed by atoms with Gasteiger partial charge in [0.15, 0.2) is 0 Å². The predicted molar refractivity (Wildman–Crippen MR) is 92.5 cm³/mol. The highest BCUT2D eigenvalue weighted by Gasteiger charge is 2.31. The van der Waals surface area contributed by atoms with Crippen LogP contribution >= 0.6 is 0 Å². The Kier molecular flexibility index (Phi) is 4.49. The fourth-order valence-electron chi connectivity index (χ4n) is 2.99. The number of rotatable bonds is 4. The summed E-state index contributed by atoms with van der Waals surface area (Å²) in [5, 5.41) is 0. The van der Waals surface area contributed by atoms with Gasteiger partial charge in [0.05, 0.1) is 15.5 Å². The number of sulfonamides is 1. The molecule has 0 saturated heterocycles. The van der Waals surface area contributed by atoms with E-state index in [1.165, 1.54) is 18.2 Å². The van der Waals surface area contributed by atoms with Gasteiger partial charge in [-0.2, -0.15) is 8.42 Å². The molecule has 0 saturated carbocycles. The molecule has 0 aliphatic carbocycles. The zero-order valence-corrected chi connectivity index (χ0v) is 15.1. The molecule has 1 aliphatic rings. The predicted octanol–water partition coefficient (Wildman–Crippen LogP) is 1.59. The quantitative estimate of drug-likeness (QED) is 0.786. The van der Waals surface area contributed by atoms with Crippen LogP contribution in [0.3, 0.4) is 0 Å². The molecule has 0 radical (unpaired) electrons. The minimum absolute atomic E-state index is 0.143. The Morgan fingerprint density at radius 2 is 1.69 bits per heavy atom. The molecule has 10 heteroatoms. The van der Waals surface area contributed by atoms with Crippen LogP contribution in [-0.4, -0.2) is 29.3 Å². The van der Waals surface area contributed by atoms with Crippen molar-refractivity contribution < 1.29 is 25.5 Å². The Morgan fingerprint density at radius 1 is 1.04 bits per heavy atom. The van der Waals surface area contributed by atoms with Crippen LogP contribution in [0.5, 0.6) is 0 Å². The minimum Gasteiger partial charge on any atom is -0.366 e. The van der Waals surface area contributed by atoms with Gasteiger partial charge in [0.2, 0.25) is 5.91 Å². The SMILES string of the molecule is NC(=O)c1cccc2c1CCCN2S(=O)(=O)c1cccc(S(=O)(=O)F)c1. The Bertz CT molecular complexity index is 1100. The van der Waals surface area contributed by atoms with Gasteiger partial charge >= 0.3 is 10.2 Å². The Labute approximate surface area is 150 Å². The fraction of sp³-hybridized carbons (Fsp3) is 0.188. The van der Waals surface area contributed by atoms with E-state index in [2.05, 4.69) is 0 Å². The first-order chi connectivity index (χ1) is 12.1. The number of nitrogens with zero attached hydrogens (tertiary/aromatic N) is 1. The topological polar surface area (TPSA) is 115 Å². The Morgan fingerprint density at radius 3 is 2.35 bits per heavy atom. The first-order valence-electron chi connectivity index (χ1n) is 7.61. The molecule has 7 nitrogen and oxygen atoms in total. The third-order valence-electron chi connectivity index (χ3n) is 4.15. The lowest BCUT2D eigenvalue weighted by atomic mass is 9.97. The summed E-state index contributed by atoms with van der Waals surface area (Å²) in [6, 6.07) is 8.69. The number of hydrogen-bond donors (Lipinski definition) is 1. The normalized spacial score (nSPS) is 14.7. The van der Waals surface area contributed by atoms with Crippen LogP contribution in [-0.2, 0) is 26.7 Å². The standard InChI is InChI=1S/C16H15FN2O5S2/c17-25(21,22)11-4-1-5-12(10-11)26(23,24)19-9-3-7-13-14(16(18)20)6-2-8-15(13)19/h1-2,4-6,8,10H,3,7,9H2,(H2,18,20). The molecule has 0 fully saturated rings. The van der Waals surface area contributed by atoms with Gasteiger partial charge in [-0.15, -0.1) is 3.89 Å². The second kappa shape index (κ2) is 6.36. The van der Waals surface area contributed by atoms with Crippen LogP contribution < -0.4 is 10.0 Å². The molecule has 0 aromatic heterocycles. The number of halogens is 1. The van der Waals surface area contributed by atoms with Gasteiger partial charge in [-0.25, -0.2) is 8.42 Å². The van der Waals surface area contributed by atoms with E-state index in [1.54, 1.807) is 6.07 Å². The maximum absolute atomic E-state index is 13.2. The summed E-state index contributed by atoms with van der Waals surface area (Å²) in [4.78, 5) is 10.5. The Balaban J connectivity index is 2.14. The molecule has 0 unspecified atom stereocenters. The molecule has 2 aromatic carbocycles. The van der Waals surface area contributed by atoms with Crippen molar-refractivity contribution in [3.05, 3.63) is 53.6 Å². The highest BCUT2D eigenvalue weighted by molar-refractivity contribution is 7.93. The average molecular weight is 398 g/mol. The van der Waals surface area contributed by atoms with E-state index in [0.717, 1.165) is 22.5 Å². The monoisotopic (exact) mass is 398 g/mol. The largest absolute Gasteiger partial charge is 0.366 e. The molecular weight excluding hydrogens is 383 g/mol. The molecule has 0 atom stereocenters. The number of anilines is 1. The molecule has 26 heavy (non-hydrogen) atoms. The first kappa shape index (κ1) is 18.3. The van der Waals surface area contributed by atoms with Gasteiger partial charge in [0.1, 0.15) is 0 Å². The number of carbonyl (C=O) groups excluding carboxylic acids is 1. The summed E-state index contributed by atoms with van der Waals surface area (Å²) in [5.74, 6) is -0.661. The van der Waals surface area contributed by atoms with Gasteiger partial charge in [-0.1, -0.05) is 12.1 Å². The van der Waals surface area contributed by atoms with E-state index >= 15 is 0 Å². The number of primary amides is 1. The van der Waals surface area contributed by atoms with Gasteiger partial charge < -0.3 is 5.73 Å². The van der Waals surface area contributed by atoms with Crippen molar-refractivity contribution in [3.63, 3.8) is 0 Å². The number of fused-ring (bicyclic) bond motifs is 1. The third kappa shape index (κ3) is 3.17. The average Bonchev–Trinajstić information content (AvgIpc) is 2.60. The van der Waals surface area contributed by atoms with Crippen molar-refractivity contribution >= 4 is 31.8 Å². The number of carbonyl (C=O) groups is 1. The van der Waals surface area contributed by atoms with Crippen LogP contribution in [0.4, 0.5) is 9.57 Å². The summed E-state index contributed by atoms with van der Waals surface area (Å²) >= 11 is 0. The van der Waals surface area contributed by atoms with Gasteiger partial charge in [0, 0.05) is 12.1 Å². The van der Waals surface area contributed by atoms with E-state index in [4.69, 9.17) is 5.73 Å². The van der Waals surface area contributed by atoms with Crippen LogP contribution in [0.2, 0.25) is 0 Å². The molecule has 1 amide bonds. The molecule has 1 aliphatic heterocycles. The maximum Gasteiger partial charge on any atom is 0.332 e. The van der Waals surface area contributed by atoms with Gasteiger partial charge in [0.25, 0.3) is 10.0 Å². The minimum atomic E-state index is -5.04. The van der Waals surface area contributed by atoms with Crippen molar-refractivity contribution in [3.8, 4) is 0 Å². The third-order valence-corrected chi connectivity index (χ3v) is 6.77. The molecule has 138 valence electrons. The number of amides is 1. The summed E-state index contributed by atoms with van der Waals surface area (Å²) in [5.41, 5.74) is 6.42. The second-order valence-electron chi connectivity index (χ2n) is 5.76. The van der Waals surface area contributed by atoms with Gasteiger partial charge in [-0.05, 0) is 48.7 Å². The van der Waals surface area contributed by atoms with Crippen molar-refractivity contribution in [2.75, 3.05) is 10.8 Å². The number of nitrogens with two attached hydrogens (primary N) is 1. The van der Waals surface area contributed by atoms with E-state index < -0.39 is 31.0 Å². The van der Waals surface area contributed by atoms with E-state index in [-0.39, 0.29) is 17.0 Å². The molecule has 3 rings (SSSR count). The van der Waals surface area contributed by atoms with Crippen LogP contribution in [0.25, 0.3) is 0 Å². The van der Waals surface area contributed by atoms with Crippen molar-refractivity contribution in [2.45, 2.75) is 22.6 Å². The molecule has 2 N–H and O–H groups in total. The van der Waals surface area contributed by atoms with Crippen LogP contribution in [0.15, 0.2) is 52.3 Å². The van der Waals surface area contributed by atoms with Gasteiger partial charge in [-0.3, -0.25) is 9.10 Å². The highest BCUT2D eigenvalue weighted by Crippen LogP contribution is 2.34. The summed E-state index contributed by atoms with van der Waals surface area (Å²) in [6.45, 7) is 0.143. The lowest BCUT2D eigenvalue weighted by Crippen LogP contribution is -2.36. The number of hydrogen-bond acceptors (Lipinski definition) is 5. The smallest absolute Gasteiger partial charge is 0.332 e. The lowest BCUT2D eigenvalue weighted by molar-refractivity contribution is 0.0999. The lowest BCUT2D eigenvalue weighted by Gasteiger charge is -2.31. The zero-order valence-electron chi connectivity index (χ0n) is 13.4. The molecular formula is C16H15FN2O5S2. The van der Waals surface area contributed by atoms with E-state index in [1.807, 2.05) is 0 Å². The summed E-state index contributed by atoms with van der Waals surface area (Å²) < 4.78 is 62.5. The van der Waals surface area contributed by atoms with Crippen LogP contribution in [0, 0.1) is 0 Å². The molecule has 0 bridgehead atoms. The van der Waals surface area contributed by atoms with E-state index in [9.17, 15) is 25.5 Å². The summed E-state index contributed by atoms with van der Waals surface area (Å²) in [7, 11) is -9.19. The first-order valence-corrected chi connectivity index (χ1v) is 10.4. The second-order valence-corrected chi connectivity index (χ2v) is 8.97. The Hall–Kier alpha value is -2.46. The molecule has 0 spiro atoms. The maximum atomic E-state index is 13.2. The van der Waals surface area contributed by atoms with Crippen molar-refractivity contribution in [2.24, 2.45) is 5.73 Å². The fourth-order valence-corrected chi connectivity index (χ4v) is 5.15. The van der Waals surface area contributed by atoms with Crippen molar-refractivity contribution in [1.82, 2.24) is 0 Å². The number of benzene rings is 2. The summed E-state index contributed by atoms with van der Waals surface area (Å²) in [6.07, 6.45) is 0.941. The van der Waals surface area contributed by atoms with E-state index in [0.29, 0.717) is 24.1 Å². The molecule has 1 heterocycles.